The van der Waals surface area contributed by atoms with Crippen LogP contribution in [-0.4, -0.2) is 0 Å². The van der Waals surface area contributed by atoms with Crippen LogP contribution in [0.15, 0.2) is 36.4 Å². The molecule has 0 aliphatic heterocycles. The van der Waals surface area contributed by atoms with Gasteiger partial charge in [-0.2, -0.15) is 0 Å². The average Bonchev–Trinajstić information content (AvgIpc) is 2.20. The highest BCUT2D eigenvalue weighted by Crippen LogP contribution is 2.22. The largest absolute Gasteiger partial charge is 0.0651 e. The highest BCUT2D eigenvalue weighted by atomic mass is 14.0. The van der Waals surface area contributed by atoms with E-state index in [-0.39, 0.29) is 0 Å². The fourth-order valence-electron chi connectivity index (χ4n) is 2.02. The molecule has 0 unspecified atom stereocenters. The van der Waals surface area contributed by atoms with E-state index in [0.29, 0.717) is 0 Å². The van der Waals surface area contributed by atoms with E-state index in [2.05, 4.69) is 50.2 Å². The predicted molar refractivity (Wildman–Crippen MR) is 62.7 cm³/mol. The molecule has 0 saturated carbocycles. The first kappa shape index (κ1) is 9.26. The topological polar surface area (TPSA) is 0 Å². The second-order valence-corrected chi connectivity index (χ2v) is 3.84. The molecule has 2 rings (SSSR count). The quantitative estimate of drug-likeness (QED) is 0.659. The minimum absolute atomic E-state index is 1.18. The zero-order chi connectivity index (χ0) is 9.97. The van der Waals surface area contributed by atoms with Crippen LogP contribution in [0.4, 0.5) is 0 Å². The Morgan fingerprint density at radius 2 is 1.64 bits per heavy atom. The fourth-order valence-corrected chi connectivity index (χ4v) is 2.02. The molecule has 0 atom stereocenters. The first-order chi connectivity index (χ1) is 6.83. The van der Waals surface area contributed by atoms with Gasteiger partial charge in [0, 0.05) is 0 Å². The van der Waals surface area contributed by atoms with Gasteiger partial charge in [-0.3, -0.25) is 0 Å². The summed E-state index contributed by atoms with van der Waals surface area (Å²) in [5.41, 5.74) is 2.86. The molecule has 0 aliphatic carbocycles. The van der Waals surface area contributed by atoms with Crippen LogP contribution in [0.3, 0.4) is 0 Å². The van der Waals surface area contributed by atoms with Crippen LogP contribution in [0, 0.1) is 6.92 Å². The smallest absolute Gasteiger partial charge is 0.0149 e. The van der Waals surface area contributed by atoms with Gasteiger partial charge in [0.05, 0.1) is 0 Å². The van der Waals surface area contributed by atoms with Crippen LogP contribution in [-0.2, 0) is 6.42 Å². The van der Waals surface area contributed by atoms with E-state index >= 15 is 0 Å². The summed E-state index contributed by atoms with van der Waals surface area (Å²) in [7, 11) is 0. The van der Waals surface area contributed by atoms with Crippen molar-refractivity contribution >= 4 is 10.8 Å². The van der Waals surface area contributed by atoms with Crippen molar-refractivity contribution in [1.29, 1.82) is 0 Å². The Morgan fingerprint density at radius 3 is 2.43 bits per heavy atom. The molecule has 2 aromatic rings. The molecule has 0 nitrogen and oxygen atoms in total. The predicted octanol–water partition coefficient (Wildman–Crippen LogP) is 4.10. The molecular weight excluding hydrogens is 168 g/mol. The minimum atomic E-state index is 1.18. The Morgan fingerprint density at radius 1 is 0.929 bits per heavy atom. The molecule has 0 heteroatoms. The molecule has 0 saturated heterocycles. The molecule has 0 N–H and O–H groups in total. The van der Waals surface area contributed by atoms with Crippen LogP contribution in [0.1, 0.15) is 24.5 Å². The first-order valence-electron chi connectivity index (χ1n) is 5.30. The lowest BCUT2D eigenvalue weighted by Crippen LogP contribution is -1.86. The standard InChI is InChI=1S/C14H16/c1-3-6-12-8-5-9-13-11(2)7-4-10-14(12)13/h4-5,7-10H,3,6H2,1-2H3. The van der Waals surface area contributed by atoms with Crippen molar-refractivity contribution in [2.75, 3.05) is 0 Å². The molecule has 0 heterocycles. The lowest BCUT2D eigenvalue weighted by molar-refractivity contribution is 0.929. The van der Waals surface area contributed by atoms with Gasteiger partial charge in [0.1, 0.15) is 0 Å². The number of benzene rings is 2. The highest BCUT2D eigenvalue weighted by Gasteiger charge is 2.00. The van der Waals surface area contributed by atoms with Crippen molar-refractivity contribution in [3.8, 4) is 0 Å². The molecule has 0 amide bonds. The second kappa shape index (κ2) is 3.83. The van der Waals surface area contributed by atoms with Crippen LogP contribution >= 0.6 is 0 Å². The van der Waals surface area contributed by atoms with Gasteiger partial charge in [-0.1, -0.05) is 49.7 Å². The van der Waals surface area contributed by atoms with Crippen LogP contribution < -0.4 is 0 Å². The molecule has 0 spiro atoms. The summed E-state index contributed by atoms with van der Waals surface area (Å²) in [5, 5.41) is 2.83. The lowest BCUT2D eigenvalue weighted by atomic mass is 9.98. The average molecular weight is 184 g/mol. The van der Waals surface area contributed by atoms with Crippen LogP contribution in [0.5, 0.6) is 0 Å². The first-order valence-corrected chi connectivity index (χ1v) is 5.30. The lowest BCUT2D eigenvalue weighted by Gasteiger charge is -2.06. The molecule has 0 aliphatic rings. The zero-order valence-electron chi connectivity index (χ0n) is 8.88. The molecule has 2 aromatic carbocycles. The summed E-state index contributed by atoms with van der Waals surface area (Å²) >= 11 is 0. The number of aryl methyl sites for hydroxylation is 2. The Hall–Kier alpha value is -1.30. The second-order valence-electron chi connectivity index (χ2n) is 3.84. The van der Waals surface area contributed by atoms with Gasteiger partial charge in [-0.05, 0) is 35.2 Å². The van der Waals surface area contributed by atoms with Crippen molar-refractivity contribution in [2.45, 2.75) is 26.7 Å². The summed E-state index contributed by atoms with van der Waals surface area (Å²) in [6, 6.07) is 13.2. The van der Waals surface area contributed by atoms with E-state index in [1.807, 2.05) is 0 Å². The molecular formula is C14H16. The number of hydrogen-bond acceptors (Lipinski definition) is 0. The van der Waals surface area contributed by atoms with Crippen LogP contribution in [0.25, 0.3) is 10.8 Å². The maximum absolute atomic E-state index is 2.24. The SMILES string of the molecule is CCCc1cccc2c(C)cccc12. The molecule has 0 fully saturated rings. The summed E-state index contributed by atoms with van der Waals surface area (Å²) in [4.78, 5) is 0. The van der Waals surface area contributed by atoms with Crippen molar-refractivity contribution in [2.24, 2.45) is 0 Å². The van der Waals surface area contributed by atoms with E-state index in [4.69, 9.17) is 0 Å². The normalized spacial score (nSPS) is 10.7. The van der Waals surface area contributed by atoms with Gasteiger partial charge >= 0.3 is 0 Å². The minimum Gasteiger partial charge on any atom is -0.0651 e. The third-order valence-corrected chi connectivity index (χ3v) is 2.75. The van der Waals surface area contributed by atoms with E-state index in [1.165, 1.54) is 34.7 Å². The van der Waals surface area contributed by atoms with Crippen molar-refractivity contribution in [3.63, 3.8) is 0 Å². The molecule has 0 aromatic heterocycles. The zero-order valence-corrected chi connectivity index (χ0v) is 8.88. The number of hydrogen-bond donors (Lipinski definition) is 0. The fraction of sp³-hybridized carbons (Fsp3) is 0.286. The molecule has 0 bridgehead atoms. The summed E-state index contributed by atoms with van der Waals surface area (Å²) < 4.78 is 0. The van der Waals surface area contributed by atoms with Crippen molar-refractivity contribution in [3.05, 3.63) is 47.5 Å². The Labute approximate surface area is 85.6 Å². The summed E-state index contributed by atoms with van der Waals surface area (Å²) in [6.07, 6.45) is 2.40. The third-order valence-electron chi connectivity index (χ3n) is 2.75. The Kier molecular flexibility index (Phi) is 2.53. The van der Waals surface area contributed by atoms with Gasteiger partial charge in [0.25, 0.3) is 0 Å². The highest BCUT2D eigenvalue weighted by molar-refractivity contribution is 5.88. The molecule has 0 radical (unpaired) electrons. The molecule has 14 heavy (non-hydrogen) atoms. The maximum atomic E-state index is 2.24. The van der Waals surface area contributed by atoms with Crippen LogP contribution in [0.2, 0.25) is 0 Å². The van der Waals surface area contributed by atoms with E-state index in [9.17, 15) is 0 Å². The third kappa shape index (κ3) is 1.52. The molecule has 72 valence electrons. The van der Waals surface area contributed by atoms with E-state index < -0.39 is 0 Å². The number of fused-ring (bicyclic) bond motifs is 1. The summed E-state index contributed by atoms with van der Waals surface area (Å²) in [6.45, 7) is 4.41. The van der Waals surface area contributed by atoms with Gasteiger partial charge in [0.15, 0.2) is 0 Å². The summed E-state index contributed by atoms with van der Waals surface area (Å²) in [5.74, 6) is 0. The number of rotatable bonds is 2. The van der Waals surface area contributed by atoms with E-state index in [1.54, 1.807) is 0 Å². The van der Waals surface area contributed by atoms with Gasteiger partial charge in [0.2, 0.25) is 0 Å². The van der Waals surface area contributed by atoms with Gasteiger partial charge in [-0.15, -0.1) is 0 Å². The monoisotopic (exact) mass is 184 g/mol. The van der Waals surface area contributed by atoms with Gasteiger partial charge < -0.3 is 0 Å². The van der Waals surface area contributed by atoms with Crippen molar-refractivity contribution < 1.29 is 0 Å². The van der Waals surface area contributed by atoms with E-state index in [0.717, 1.165) is 0 Å². The van der Waals surface area contributed by atoms with Crippen molar-refractivity contribution in [1.82, 2.24) is 0 Å². The Balaban J connectivity index is 2.68. The Bertz CT molecular complexity index is 441. The van der Waals surface area contributed by atoms with Gasteiger partial charge in [-0.25, -0.2) is 0 Å². The maximum Gasteiger partial charge on any atom is -0.0149 e.